The van der Waals surface area contributed by atoms with E-state index >= 15 is 0 Å². The van der Waals surface area contributed by atoms with Gasteiger partial charge in [-0.05, 0) is 25.1 Å². The Bertz CT molecular complexity index is 420. The van der Waals surface area contributed by atoms with Crippen LogP contribution >= 0.6 is 0 Å². The summed E-state index contributed by atoms with van der Waals surface area (Å²) in [6.45, 7) is 7.65. The predicted octanol–water partition coefficient (Wildman–Crippen LogP) is 2.23. The van der Waals surface area contributed by atoms with Crippen molar-refractivity contribution < 1.29 is 19.4 Å². The van der Waals surface area contributed by atoms with Crippen molar-refractivity contribution in [2.24, 2.45) is 0 Å². The van der Waals surface area contributed by atoms with Gasteiger partial charge in [0.05, 0.1) is 12.7 Å². The van der Waals surface area contributed by atoms with Crippen LogP contribution in [0.1, 0.15) is 32.3 Å². The van der Waals surface area contributed by atoms with Gasteiger partial charge in [-0.15, -0.1) is 0 Å². The minimum Gasteiger partial charge on any atom is -0.461 e. The molecule has 0 aliphatic carbocycles. The van der Waals surface area contributed by atoms with Gasteiger partial charge in [0.15, 0.2) is 0 Å². The molecule has 1 N–H and O–H groups in total. The van der Waals surface area contributed by atoms with E-state index in [2.05, 4.69) is 18.7 Å². The summed E-state index contributed by atoms with van der Waals surface area (Å²) >= 11 is 0. The third kappa shape index (κ3) is 9.33. The van der Waals surface area contributed by atoms with E-state index in [9.17, 15) is 9.90 Å². The van der Waals surface area contributed by atoms with Crippen LogP contribution < -0.4 is 0 Å². The highest BCUT2D eigenvalue weighted by atomic mass is 16.5. The summed E-state index contributed by atoms with van der Waals surface area (Å²) in [5.74, 6) is -0.221. The number of aliphatic hydroxyl groups is 1. The van der Waals surface area contributed by atoms with E-state index in [0.29, 0.717) is 39.2 Å². The Morgan fingerprint density at radius 1 is 1.22 bits per heavy atom. The third-order valence-electron chi connectivity index (χ3n) is 3.59. The van der Waals surface area contributed by atoms with Crippen molar-refractivity contribution in [3.8, 4) is 0 Å². The summed E-state index contributed by atoms with van der Waals surface area (Å²) < 4.78 is 10.6. The topological polar surface area (TPSA) is 59.0 Å². The summed E-state index contributed by atoms with van der Waals surface area (Å²) in [4.78, 5) is 13.8. The maximum atomic E-state index is 11.6. The molecule has 0 aliphatic rings. The van der Waals surface area contributed by atoms with Crippen LogP contribution in [-0.4, -0.2) is 54.9 Å². The zero-order chi connectivity index (χ0) is 16.9. The molecule has 0 aliphatic heterocycles. The Hall–Kier alpha value is -1.43. The molecular weight excluding hydrogens is 294 g/mol. The van der Waals surface area contributed by atoms with Crippen molar-refractivity contribution in [1.29, 1.82) is 0 Å². The Labute approximate surface area is 139 Å². The molecule has 0 unspecified atom stereocenters. The molecular formula is C18H29NO4. The summed E-state index contributed by atoms with van der Waals surface area (Å²) in [6.07, 6.45) is 0.449. The number of ether oxygens (including phenoxy) is 2. The Morgan fingerprint density at radius 3 is 2.57 bits per heavy atom. The van der Waals surface area contributed by atoms with E-state index in [0.717, 1.165) is 18.7 Å². The second-order valence-electron chi connectivity index (χ2n) is 5.46. The number of carbonyl (C=O) groups is 1. The lowest BCUT2D eigenvalue weighted by Gasteiger charge is -2.21. The summed E-state index contributed by atoms with van der Waals surface area (Å²) in [5.41, 5.74) is 0.983. The zero-order valence-electron chi connectivity index (χ0n) is 14.2. The van der Waals surface area contributed by atoms with Gasteiger partial charge in [0, 0.05) is 19.6 Å². The maximum Gasteiger partial charge on any atom is 0.306 e. The molecule has 5 heteroatoms. The number of rotatable bonds is 12. The summed E-state index contributed by atoms with van der Waals surface area (Å²) in [7, 11) is 0. The Morgan fingerprint density at radius 2 is 1.91 bits per heavy atom. The second kappa shape index (κ2) is 12.0. The highest BCUT2D eigenvalue weighted by molar-refractivity contribution is 5.69. The first-order valence-corrected chi connectivity index (χ1v) is 8.33. The van der Waals surface area contributed by atoms with Crippen LogP contribution in [0.4, 0.5) is 0 Å². The molecule has 1 aromatic rings. The van der Waals surface area contributed by atoms with Gasteiger partial charge in [-0.1, -0.05) is 44.2 Å². The van der Waals surface area contributed by atoms with Crippen molar-refractivity contribution in [2.75, 3.05) is 32.8 Å². The molecule has 0 spiro atoms. The lowest BCUT2D eigenvalue weighted by Crippen LogP contribution is -2.34. The normalized spacial score (nSPS) is 12.3. The van der Waals surface area contributed by atoms with Crippen LogP contribution in [0.3, 0.4) is 0 Å². The number of benzene rings is 1. The van der Waals surface area contributed by atoms with Gasteiger partial charge in [-0.3, -0.25) is 4.79 Å². The molecule has 0 radical (unpaired) electrons. The van der Waals surface area contributed by atoms with Crippen molar-refractivity contribution in [1.82, 2.24) is 4.90 Å². The summed E-state index contributed by atoms with van der Waals surface area (Å²) in [6, 6.07) is 9.61. The average molecular weight is 323 g/mol. The van der Waals surface area contributed by atoms with Crippen molar-refractivity contribution in [3.63, 3.8) is 0 Å². The van der Waals surface area contributed by atoms with Gasteiger partial charge in [-0.25, -0.2) is 0 Å². The van der Waals surface area contributed by atoms with E-state index < -0.39 is 6.10 Å². The molecule has 1 aromatic carbocycles. The van der Waals surface area contributed by atoms with Gasteiger partial charge < -0.3 is 19.5 Å². The highest BCUT2D eigenvalue weighted by Gasteiger charge is 2.09. The average Bonchev–Trinajstić information content (AvgIpc) is 2.58. The van der Waals surface area contributed by atoms with E-state index in [1.54, 1.807) is 0 Å². The molecule has 0 heterocycles. The third-order valence-corrected chi connectivity index (χ3v) is 3.59. The molecule has 5 nitrogen and oxygen atoms in total. The van der Waals surface area contributed by atoms with Crippen molar-refractivity contribution >= 4 is 5.97 Å². The molecule has 1 rings (SSSR count). The van der Waals surface area contributed by atoms with Gasteiger partial charge in [-0.2, -0.15) is 0 Å². The van der Waals surface area contributed by atoms with Crippen LogP contribution in [0.2, 0.25) is 0 Å². The van der Waals surface area contributed by atoms with E-state index in [4.69, 9.17) is 9.47 Å². The molecule has 130 valence electrons. The first-order chi connectivity index (χ1) is 11.2. The monoisotopic (exact) mass is 323 g/mol. The molecule has 0 aromatic heterocycles. The number of aliphatic hydroxyl groups excluding tert-OH is 1. The van der Waals surface area contributed by atoms with E-state index in [1.165, 1.54) is 0 Å². The quantitative estimate of drug-likeness (QED) is 0.472. The zero-order valence-corrected chi connectivity index (χ0v) is 14.2. The van der Waals surface area contributed by atoms with Crippen LogP contribution in [0, 0.1) is 0 Å². The lowest BCUT2D eigenvalue weighted by atomic mass is 10.2. The Balaban J connectivity index is 2.02. The van der Waals surface area contributed by atoms with Crippen LogP contribution in [-0.2, 0) is 20.9 Å². The maximum absolute atomic E-state index is 11.6. The van der Waals surface area contributed by atoms with Crippen molar-refractivity contribution in [2.45, 2.75) is 39.4 Å². The van der Waals surface area contributed by atoms with E-state index in [1.807, 2.05) is 30.3 Å². The summed E-state index contributed by atoms with van der Waals surface area (Å²) in [5, 5.41) is 9.84. The minimum atomic E-state index is -0.486. The van der Waals surface area contributed by atoms with Gasteiger partial charge in [0.2, 0.25) is 0 Å². The molecule has 23 heavy (non-hydrogen) atoms. The first-order valence-electron chi connectivity index (χ1n) is 8.33. The highest BCUT2D eigenvalue weighted by Crippen LogP contribution is 2.03. The van der Waals surface area contributed by atoms with E-state index in [-0.39, 0.29) is 5.97 Å². The van der Waals surface area contributed by atoms with Crippen molar-refractivity contribution in [3.05, 3.63) is 35.9 Å². The predicted molar refractivity (Wildman–Crippen MR) is 90.1 cm³/mol. The van der Waals surface area contributed by atoms with Crippen LogP contribution in [0.25, 0.3) is 0 Å². The fourth-order valence-electron chi connectivity index (χ4n) is 2.18. The molecule has 1 atom stereocenters. The van der Waals surface area contributed by atoms with Crippen LogP contribution in [0.5, 0.6) is 0 Å². The molecule has 0 bridgehead atoms. The fourth-order valence-corrected chi connectivity index (χ4v) is 2.18. The van der Waals surface area contributed by atoms with Gasteiger partial charge in [0.1, 0.15) is 6.61 Å². The molecule has 0 saturated carbocycles. The smallest absolute Gasteiger partial charge is 0.306 e. The van der Waals surface area contributed by atoms with Gasteiger partial charge in [0.25, 0.3) is 0 Å². The molecule has 0 saturated heterocycles. The number of likely N-dealkylation sites (N-methyl/N-ethyl adjacent to an activating group) is 1. The lowest BCUT2D eigenvalue weighted by molar-refractivity contribution is -0.145. The number of hydrogen-bond acceptors (Lipinski definition) is 5. The van der Waals surface area contributed by atoms with Crippen LogP contribution in [0.15, 0.2) is 30.3 Å². The SMILES string of the molecule is CCN(CC)C[C@@H](O)COCCCC(=O)OCc1ccccc1. The standard InChI is InChI=1S/C18H29NO4/c1-3-19(4-2)13-17(20)15-22-12-8-11-18(21)23-14-16-9-6-5-7-10-16/h5-7,9-10,17,20H,3-4,8,11-15H2,1-2H3/t17-/m1/s1. The largest absolute Gasteiger partial charge is 0.461 e. The fraction of sp³-hybridized carbons (Fsp3) is 0.611. The molecule has 0 fully saturated rings. The number of nitrogens with zero attached hydrogens (tertiary/aromatic N) is 1. The van der Waals surface area contributed by atoms with Gasteiger partial charge >= 0.3 is 5.97 Å². The molecule has 0 amide bonds. The minimum absolute atomic E-state index is 0.221. The Kier molecular flexibility index (Phi) is 10.3. The first kappa shape index (κ1) is 19.6. The number of esters is 1. The number of carbonyl (C=O) groups excluding carboxylic acids is 1. The number of hydrogen-bond donors (Lipinski definition) is 1. The second-order valence-corrected chi connectivity index (χ2v) is 5.46.